The van der Waals surface area contributed by atoms with Gasteiger partial charge in [0.2, 0.25) is 0 Å². The molecule has 0 aliphatic carbocycles. The van der Waals surface area contributed by atoms with Crippen molar-refractivity contribution < 1.29 is 19.8 Å². The number of carbonyl (C=O) groups excluding carboxylic acids is 2. The van der Waals surface area contributed by atoms with E-state index in [9.17, 15) is 19.8 Å². The van der Waals surface area contributed by atoms with E-state index in [0.29, 0.717) is 24.0 Å². The maximum absolute atomic E-state index is 12.5. The van der Waals surface area contributed by atoms with Gasteiger partial charge in [-0.15, -0.1) is 0 Å². The Balaban J connectivity index is 2.03. The molecule has 164 valence electrons. The van der Waals surface area contributed by atoms with Gasteiger partial charge in [-0.1, -0.05) is 51.6 Å². The highest BCUT2D eigenvalue weighted by molar-refractivity contribution is 9.10. The third kappa shape index (κ3) is 7.80. The zero-order valence-electron chi connectivity index (χ0n) is 16.7. The molecule has 2 aromatic rings. The van der Waals surface area contributed by atoms with Crippen molar-refractivity contribution in [2.24, 2.45) is 16.1 Å². The van der Waals surface area contributed by atoms with Crippen molar-refractivity contribution in [3.05, 3.63) is 56.5 Å². The van der Waals surface area contributed by atoms with Gasteiger partial charge in [-0.3, -0.25) is 9.59 Å². The van der Waals surface area contributed by atoms with Crippen molar-refractivity contribution in [3.8, 4) is 11.5 Å². The summed E-state index contributed by atoms with van der Waals surface area (Å²) in [5.41, 5.74) is 5.49. The van der Waals surface area contributed by atoms with E-state index in [1.165, 1.54) is 24.6 Å². The molecular weight excluding hydrogens is 532 g/mol. The minimum Gasteiger partial charge on any atom is -0.507 e. The van der Waals surface area contributed by atoms with E-state index in [1.54, 1.807) is 24.3 Å². The molecule has 0 atom stereocenters. The predicted octanol–water partition coefficient (Wildman–Crippen LogP) is 4.03. The number of rotatable bonds is 9. The second kappa shape index (κ2) is 12.2. The lowest BCUT2D eigenvalue weighted by Crippen LogP contribution is -2.38. The number of halogens is 2. The van der Waals surface area contributed by atoms with Crippen LogP contribution in [0.2, 0.25) is 0 Å². The molecule has 0 fully saturated rings. The van der Waals surface area contributed by atoms with Gasteiger partial charge in [-0.05, 0) is 42.8 Å². The normalized spacial score (nSPS) is 12.2. The molecule has 0 saturated carbocycles. The molecule has 0 aliphatic rings. The van der Waals surface area contributed by atoms with Gasteiger partial charge in [0, 0.05) is 20.1 Å². The monoisotopic (exact) mass is 552 g/mol. The predicted molar refractivity (Wildman–Crippen MR) is 126 cm³/mol. The molecule has 0 radical (unpaired) electrons. The molecule has 0 spiro atoms. The van der Waals surface area contributed by atoms with Gasteiger partial charge in [0.05, 0.1) is 12.4 Å². The Morgan fingerprint density at radius 2 is 1.39 bits per heavy atom. The Morgan fingerprint density at radius 3 is 1.81 bits per heavy atom. The van der Waals surface area contributed by atoms with Crippen LogP contribution in [-0.4, -0.2) is 34.5 Å². The third-order valence-corrected chi connectivity index (χ3v) is 5.20. The van der Waals surface area contributed by atoms with Gasteiger partial charge in [0.1, 0.15) is 17.4 Å². The maximum atomic E-state index is 12.5. The number of hydrogen-bond acceptors (Lipinski definition) is 6. The van der Waals surface area contributed by atoms with Crippen LogP contribution in [-0.2, 0) is 9.59 Å². The molecule has 2 amide bonds. The van der Waals surface area contributed by atoms with Crippen LogP contribution in [0.5, 0.6) is 11.5 Å². The summed E-state index contributed by atoms with van der Waals surface area (Å²) < 4.78 is 1.49. The minimum atomic E-state index is -0.999. The molecule has 0 bridgehead atoms. The SMILES string of the molecule is CCCCC(C(=O)NN=Cc1cc(Br)ccc1O)C(=O)NN=Cc1cc(Br)ccc1O. The number of carbonyl (C=O) groups is 2. The highest BCUT2D eigenvalue weighted by atomic mass is 79.9. The lowest BCUT2D eigenvalue weighted by molar-refractivity contribution is -0.135. The van der Waals surface area contributed by atoms with Gasteiger partial charge in [0.15, 0.2) is 0 Å². The lowest BCUT2D eigenvalue weighted by atomic mass is 10.0. The van der Waals surface area contributed by atoms with Crippen LogP contribution >= 0.6 is 31.9 Å². The first-order valence-corrected chi connectivity index (χ1v) is 11.0. The van der Waals surface area contributed by atoms with Crippen LogP contribution in [0.15, 0.2) is 55.5 Å². The maximum Gasteiger partial charge on any atom is 0.252 e. The van der Waals surface area contributed by atoms with Crippen molar-refractivity contribution in [1.29, 1.82) is 0 Å². The molecule has 0 heterocycles. The Bertz CT molecular complexity index is 920. The smallest absolute Gasteiger partial charge is 0.252 e. The fourth-order valence-electron chi connectivity index (χ4n) is 2.53. The Morgan fingerprint density at radius 1 is 0.935 bits per heavy atom. The molecule has 31 heavy (non-hydrogen) atoms. The summed E-state index contributed by atoms with van der Waals surface area (Å²) in [5.74, 6) is -2.16. The standard InChI is InChI=1S/C21H22Br2N4O4/c1-2-3-4-17(20(30)26-24-11-13-9-15(22)5-7-18(13)28)21(31)27-25-12-14-10-16(23)6-8-19(14)29/h5-12,17,28-29H,2-4H2,1H3,(H,26,30)(H,27,31). The molecule has 8 nitrogen and oxygen atoms in total. The topological polar surface area (TPSA) is 123 Å². The number of nitrogens with zero attached hydrogens (tertiary/aromatic N) is 2. The molecule has 2 rings (SSSR count). The number of amides is 2. The first-order chi connectivity index (χ1) is 14.8. The Kier molecular flexibility index (Phi) is 9.67. The van der Waals surface area contributed by atoms with Crippen LogP contribution in [0.3, 0.4) is 0 Å². The summed E-state index contributed by atoms with van der Waals surface area (Å²) in [5, 5.41) is 27.3. The largest absolute Gasteiger partial charge is 0.507 e. The van der Waals surface area contributed by atoms with Crippen LogP contribution in [0.25, 0.3) is 0 Å². The zero-order valence-corrected chi connectivity index (χ0v) is 19.9. The lowest BCUT2D eigenvalue weighted by Gasteiger charge is -2.13. The van der Waals surface area contributed by atoms with Gasteiger partial charge in [-0.25, -0.2) is 10.9 Å². The number of benzene rings is 2. The van der Waals surface area contributed by atoms with E-state index >= 15 is 0 Å². The molecule has 0 aromatic heterocycles. The third-order valence-electron chi connectivity index (χ3n) is 4.22. The number of unbranched alkanes of at least 4 members (excludes halogenated alkanes) is 1. The van der Waals surface area contributed by atoms with Gasteiger partial charge in [0.25, 0.3) is 11.8 Å². The van der Waals surface area contributed by atoms with E-state index in [0.717, 1.165) is 15.4 Å². The number of hydrazone groups is 2. The van der Waals surface area contributed by atoms with Gasteiger partial charge in [-0.2, -0.15) is 10.2 Å². The number of nitrogens with one attached hydrogen (secondary N) is 2. The fourth-order valence-corrected chi connectivity index (χ4v) is 3.29. The van der Waals surface area contributed by atoms with Crippen molar-refractivity contribution in [2.75, 3.05) is 0 Å². The summed E-state index contributed by atoms with van der Waals surface area (Å²) in [6.45, 7) is 1.95. The molecule has 0 unspecified atom stereocenters. The fraction of sp³-hybridized carbons (Fsp3) is 0.238. The highest BCUT2D eigenvalue weighted by Crippen LogP contribution is 2.21. The molecule has 2 aromatic carbocycles. The van der Waals surface area contributed by atoms with Crippen molar-refractivity contribution in [3.63, 3.8) is 0 Å². The van der Waals surface area contributed by atoms with E-state index in [-0.39, 0.29) is 11.5 Å². The van der Waals surface area contributed by atoms with Crippen LogP contribution < -0.4 is 10.9 Å². The molecule has 0 aliphatic heterocycles. The average molecular weight is 554 g/mol. The number of hydrogen-bond donors (Lipinski definition) is 4. The molecular formula is C21H22Br2N4O4. The minimum absolute atomic E-state index is 0.00612. The van der Waals surface area contributed by atoms with Gasteiger partial charge >= 0.3 is 0 Å². The molecule has 0 saturated heterocycles. The van der Waals surface area contributed by atoms with E-state index in [2.05, 4.69) is 52.9 Å². The quantitative estimate of drug-likeness (QED) is 0.212. The summed E-state index contributed by atoms with van der Waals surface area (Å²) in [4.78, 5) is 25.0. The van der Waals surface area contributed by atoms with Crippen molar-refractivity contribution >= 4 is 56.1 Å². The van der Waals surface area contributed by atoms with E-state index in [4.69, 9.17) is 0 Å². The van der Waals surface area contributed by atoms with Crippen LogP contribution in [0.1, 0.15) is 37.3 Å². The summed E-state index contributed by atoms with van der Waals surface area (Å²) in [6.07, 6.45) is 4.38. The van der Waals surface area contributed by atoms with Crippen LogP contribution in [0, 0.1) is 5.92 Å². The van der Waals surface area contributed by atoms with Crippen molar-refractivity contribution in [1.82, 2.24) is 10.9 Å². The summed E-state index contributed by atoms with van der Waals surface area (Å²) >= 11 is 6.58. The Labute approximate surface area is 196 Å². The highest BCUT2D eigenvalue weighted by Gasteiger charge is 2.25. The van der Waals surface area contributed by atoms with Crippen molar-refractivity contribution in [2.45, 2.75) is 26.2 Å². The molecule has 4 N–H and O–H groups in total. The first-order valence-electron chi connectivity index (χ1n) is 9.44. The van der Waals surface area contributed by atoms with Gasteiger partial charge < -0.3 is 10.2 Å². The number of phenols is 2. The first kappa shape index (κ1) is 24.5. The Hall–Kier alpha value is -2.72. The zero-order chi connectivity index (χ0) is 22.8. The van der Waals surface area contributed by atoms with Crippen LogP contribution in [0.4, 0.5) is 0 Å². The van der Waals surface area contributed by atoms with E-state index < -0.39 is 17.7 Å². The second-order valence-corrected chi connectivity index (χ2v) is 8.40. The summed E-state index contributed by atoms with van der Waals surface area (Å²) in [6, 6.07) is 9.60. The number of aromatic hydroxyl groups is 2. The average Bonchev–Trinajstić information content (AvgIpc) is 2.73. The van der Waals surface area contributed by atoms with E-state index in [1.807, 2.05) is 6.92 Å². The second-order valence-electron chi connectivity index (χ2n) is 6.57. The summed E-state index contributed by atoms with van der Waals surface area (Å²) in [7, 11) is 0. The number of phenolic OH excluding ortho intramolecular Hbond substituents is 2. The molecule has 10 heteroatoms.